The van der Waals surface area contributed by atoms with E-state index in [0.717, 1.165) is 18.2 Å². The summed E-state index contributed by atoms with van der Waals surface area (Å²) in [6.07, 6.45) is 0.170. The summed E-state index contributed by atoms with van der Waals surface area (Å²) < 4.78 is 5.71. The first-order chi connectivity index (χ1) is 6.75. The molecule has 2 nitrogen and oxygen atoms in total. The van der Waals surface area contributed by atoms with Crippen molar-refractivity contribution in [2.75, 3.05) is 13.2 Å². The Bertz CT molecular complexity index is 291. The van der Waals surface area contributed by atoms with Gasteiger partial charge in [-0.3, -0.25) is 0 Å². The number of morpholine rings is 1. The molecule has 0 spiro atoms. The standard InChI is InChI=1S/C11H14ClNO/c1-8-7-14-11(6-13-8)9-2-4-10(12)5-3-9/h2-5,8,11,13H,6-7H2,1H3/t8-,11+/m1/s1. The van der Waals surface area contributed by atoms with Crippen molar-refractivity contribution in [3.63, 3.8) is 0 Å². The minimum atomic E-state index is 0.170. The molecule has 1 N–H and O–H groups in total. The van der Waals surface area contributed by atoms with Gasteiger partial charge in [0.05, 0.1) is 12.7 Å². The largest absolute Gasteiger partial charge is 0.371 e. The molecule has 0 aromatic heterocycles. The van der Waals surface area contributed by atoms with Crippen LogP contribution < -0.4 is 5.32 Å². The first kappa shape index (κ1) is 9.97. The van der Waals surface area contributed by atoms with Gasteiger partial charge in [-0.1, -0.05) is 23.7 Å². The number of hydrogen-bond donors (Lipinski definition) is 1. The third-order valence-electron chi connectivity index (χ3n) is 2.44. The Hall–Kier alpha value is -0.570. The molecule has 1 aromatic carbocycles. The fourth-order valence-corrected chi connectivity index (χ4v) is 1.70. The van der Waals surface area contributed by atoms with E-state index in [1.807, 2.05) is 24.3 Å². The zero-order chi connectivity index (χ0) is 9.97. The fraction of sp³-hybridized carbons (Fsp3) is 0.455. The second-order valence-corrected chi connectivity index (χ2v) is 4.12. The van der Waals surface area contributed by atoms with Crippen LogP contribution in [0.4, 0.5) is 0 Å². The van der Waals surface area contributed by atoms with Crippen LogP contribution in [-0.4, -0.2) is 19.2 Å². The van der Waals surface area contributed by atoms with E-state index in [1.54, 1.807) is 0 Å². The van der Waals surface area contributed by atoms with Crippen molar-refractivity contribution in [3.8, 4) is 0 Å². The van der Waals surface area contributed by atoms with Gasteiger partial charge in [0.2, 0.25) is 0 Å². The van der Waals surface area contributed by atoms with Gasteiger partial charge in [0.15, 0.2) is 0 Å². The molecule has 1 aliphatic heterocycles. The first-order valence-electron chi connectivity index (χ1n) is 4.86. The fourth-order valence-electron chi connectivity index (χ4n) is 1.58. The van der Waals surface area contributed by atoms with Crippen LogP contribution in [0.25, 0.3) is 0 Å². The first-order valence-corrected chi connectivity index (χ1v) is 5.24. The van der Waals surface area contributed by atoms with E-state index in [1.165, 1.54) is 5.56 Å². The Morgan fingerprint density at radius 1 is 1.36 bits per heavy atom. The molecule has 0 radical (unpaired) electrons. The van der Waals surface area contributed by atoms with E-state index in [4.69, 9.17) is 16.3 Å². The molecule has 1 heterocycles. The Labute approximate surface area is 89.2 Å². The predicted molar refractivity (Wildman–Crippen MR) is 57.6 cm³/mol. The average molecular weight is 212 g/mol. The maximum atomic E-state index is 5.82. The average Bonchev–Trinajstić information content (AvgIpc) is 2.21. The van der Waals surface area contributed by atoms with Gasteiger partial charge in [-0.25, -0.2) is 0 Å². The van der Waals surface area contributed by atoms with Gasteiger partial charge in [-0.15, -0.1) is 0 Å². The summed E-state index contributed by atoms with van der Waals surface area (Å²) in [6.45, 7) is 3.77. The van der Waals surface area contributed by atoms with Crippen molar-refractivity contribution in [1.29, 1.82) is 0 Å². The lowest BCUT2D eigenvalue weighted by molar-refractivity contribution is 0.00695. The minimum Gasteiger partial charge on any atom is -0.371 e. The zero-order valence-corrected chi connectivity index (χ0v) is 8.92. The van der Waals surface area contributed by atoms with E-state index in [9.17, 15) is 0 Å². The van der Waals surface area contributed by atoms with Crippen molar-refractivity contribution < 1.29 is 4.74 Å². The molecule has 14 heavy (non-hydrogen) atoms. The lowest BCUT2D eigenvalue weighted by atomic mass is 10.1. The summed E-state index contributed by atoms with van der Waals surface area (Å²) in [4.78, 5) is 0. The molecule has 1 saturated heterocycles. The van der Waals surface area contributed by atoms with Crippen molar-refractivity contribution in [3.05, 3.63) is 34.9 Å². The van der Waals surface area contributed by atoms with Crippen molar-refractivity contribution in [2.24, 2.45) is 0 Å². The molecule has 1 aromatic rings. The SMILES string of the molecule is C[C@@H]1CO[C@H](c2ccc(Cl)cc2)CN1. The monoisotopic (exact) mass is 211 g/mol. The van der Waals surface area contributed by atoms with E-state index >= 15 is 0 Å². The number of halogens is 1. The Morgan fingerprint density at radius 3 is 2.64 bits per heavy atom. The van der Waals surface area contributed by atoms with Gasteiger partial charge in [0.25, 0.3) is 0 Å². The molecule has 0 saturated carbocycles. The van der Waals surface area contributed by atoms with Crippen molar-refractivity contribution >= 4 is 11.6 Å². The quantitative estimate of drug-likeness (QED) is 0.770. The molecule has 2 atom stereocenters. The Morgan fingerprint density at radius 2 is 2.07 bits per heavy atom. The highest BCUT2D eigenvalue weighted by Crippen LogP contribution is 2.21. The molecule has 0 aliphatic carbocycles. The molecule has 2 rings (SSSR count). The number of ether oxygens (including phenoxy) is 1. The van der Waals surface area contributed by atoms with Crippen LogP contribution in [0.1, 0.15) is 18.6 Å². The van der Waals surface area contributed by atoms with E-state index in [2.05, 4.69) is 12.2 Å². The number of benzene rings is 1. The lowest BCUT2D eigenvalue weighted by Gasteiger charge is -2.28. The molecule has 0 bridgehead atoms. The second-order valence-electron chi connectivity index (χ2n) is 3.68. The lowest BCUT2D eigenvalue weighted by Crippen LogP contribution is -2.40. The van der Waals surface area contributed by atoms with E-state index in [-0.39, 0.29) is 6.10 Å². The van der Waals surface area contributed by atoms with Crippen molar-refractivity contribution in [1.82, 2.24) is 5.32 Å². The zero-order valence-electron chi connectivity index (χ0n) is 8.16. The summed E-state index contributed by atoms with van der Waals surface area (Å²) in [6, 6.07) is 8.30. The molecular weight excluding hydrogens is 198 g/mol. The summed E-state index contributed by atoms with van der Waals surface area (Å²) in [7, 11) is 0. The molecule has 0 unspecified atom stereocenters. The topological polar surface area (TPSA) is 21.3 Å². The van der Waals surface area contributed by atoms with Crippen LogP contribution in [0.5, 0.6) is 0 Å². The van der Waals surface area contributed by atoms with Gasteiger partial charge >= 0.3 is 0 Å². The van der Waals surface area contributed by atoms with Crippen LogP contribution in [0.2, 0.25) is 5.02 Å². The van der Waals surface area contributed by atoms with Crippen LogP contribution in [0.15, 0.2) is 24.3 Å². The molecule has 3 heteroatoms. The van der Waals surface area contributed by atoms with Gasteiger partial charge in [0.1, 0.15) is 0 Å². The third kappa shape index (κ3) is 2.27. The van der Waals surface area contributed by atoms with Gasteiger partial charge in [-0.05, 0) is 24.6 Å². The molecule has 1 aliphatic rings. The maximum Gasteiger partial charge on any atom is 0.0950 e. The Balaban J connectivity index is 2.05. The van der Waals surface area contributed by atoms with Crippen LogP contribution >= 0.6 is 11.6 Å². The van der Waals surface area contributed by atoms with E-state index < -0.39 is 0 Å². The number of rotatable bonds is 1. The molecule has 76 valence electrons. The third-order valence-corrected chi connectivity index (χ3v) is 2.69. The van der Waals surface area contributed by atoms with Crippen LogP contribution in [-0.2, 0) is 4.74 Å². The summed E-state index contributed by atoms with van der Waals surface area (Å²) in [5, 5.41) is 4.16. The highest BCUT2D eigenvalue weighted by atomic mass is 35.5. The van der Waals surface area contributed by atoms with Crippen molar-refractivity contribution in [2.45, 2.75) is 19.1 Å². The number of hydrogen-bond acceptors (Lipinski definition) is 2. The maximum absolute atomic E-state index is 5.82. The second kappa shape index (κ2) is 4.30. The van der Waals surface area contributed by atoms with Crippen LogP contribution in [0, 0.1) is 0 Å². The summed E-state index contributed by atoms with van der Waals surface area (Å²) in [5.74, 6) is 0. The van der Waals surface area contributed by atoms with Gasteiger partial charge in [-0.2, -0.15) is 0 Å². The number of nitrogens with one attached hydrogen (secondary N) is 1. The summed E-state index contributed by atoms with van der Waals surface area (Å²) in [5.41, 5.74) is 1.19. The Kier molecular flexibility index (Phi) is 3.06. The predicted octanol–water partition coefficient (Wildman–Crippen LogP) is 2.39. The molecular formula is C11H14ClNO. The van der Waals surface area contributed by atoms with Gasteiger partial charge < -0.3 is 10.1 Å². The normalized spacial score (nSPS) is 27.6. The van der Waals surface area contributed by atoms with E-state index in [0.29, 0.717) is 6.04 Å². The van der Waals surface area contributed by atoms with Gasteiger partial charge in [0, 0.05) is 17.6 Å². The minimum absolute atomic E-state index is 0.170. The van der Waals surface area contributed by atoms with Crippen LogP contribution in [0.3, 0.4) is 0 Å². The summed E-state index contributed by atoms with van der Waals surface area (Å²) >= 11 is 5.82. The molecule has 1 fully saturated rings. The molecule has 0 amide bonds. The highest BCUT2D eigenvalue weighted by molar-refractivity contribution is 6.30. The highest BCUT2D eigenvalue weighted by Gasteiger charge is 2.18. The smallest absolute Gasteiger partial charge is 0.0950 e.